The lowest BCUT2D eigenvalue weighted by molar-refractivity contribution is -0.136. The molecule has 156 valence electrons. The molecule has 7 heteroatoms. The second-order valence-electron chi connectivity index (χ2n) is 7.78. The molecule has 2 amide bonds. The number of amides is 2. The number of benzene rings is 2. The molecule has 0 atom stereocenters. The van der Waals surface area contributed by atoms with Crippen LogP contribution in [0.1, 0.15) is 25.3 Å². The Balaban J connectivity index is 1.44. The number of nitrogens with zero attached hydrogens (tertiary/aromatic N) is 2. The van der Waals surface area contributed by atoms with Crippen molar-refractivity contribution in [2.24, 2.45) is 0 Å². The Morgan fingerprint density at radius 1 is 1.10 bits per heavy atom. The average molecular weight is 426 g/mol. The molecule has 30 heavy (non-hydrogen) atoms. The van der Waals surface area contributed by atoms with Crippen molar-refractivity contribution in [3.8, 4) is 0 Å². The number of fused-ring (bicyclic) bond motifs is 1. The lowest BCUT2D eigenvalue weighted by Gasteiger charge is -2.38. The molecule has 6 nitrogen and oxygen atoms in total. The number of rotatable bonds is 4. The van der Waals surface area contributed by atoms with Crippen molar-refractivity contribution in [3.05, 3.63) is 65.3 Å². The quantitative estimate of drug-likeness (QED) is 0.668. The molecule has 2 N–H and O–H groups in total. The summed E-state index contributed by atoms with van der Waals surface area (Å²) < 4.78 is 1.89. The van der Waals surface area contributed by atoms with Crippen LogP contribution in [0.15, 0.2) is 54.7 Å². The molecule has 0 radical (unpaired) electrons. The molecule has 4 rings (SSSR count). The van der Waals surface area contributed by atoms with Crippen molar-refractivity contribution in [2.75, 3.05) is 18.4 Å². The van der Waals surface area contributed by atoms with E-state index in [0.717, 1.165) is 22.2 Å². The van der Waals surface area contributed by atoms with E-state index in [0.29, 0.717) is 31.0 Å². The Hall–Kier alpha value is -2.83. The SMILES string of the molecule is CC(=O)Nc1cccc2c1ccn2CC(=O)N1CCC(O)(c2ccc(Cl)cc2)CC1. The number of likely N-dealkylation sites (tertiary alicyclic amines) is 1. The number of carbonyl (C=O) groups is 2. The molecule has 0 bridgehead atoms. The van der Waals surface area contributed by atoms with Crippen LogP contribution in [-0.4, -0.2) is 39.5 Å². The Labute approximate surface area is 180 Å². The van der Waals surface area contributed by atoms with Gasteiger partial charge in [-0.15, -0.1) is 0 Å². The maximum atomic E-state index is 12.9. The first-order chi connectivity index (χ1) is 14.4. The lowest BCUT2D eigenvalue weighted by Crippen LogP contribution is -2.46. The van der Waals surface area contributed by atoms with Crippen molar-refractivity contribution >= 4 is 40.0 Å². The number of aromatic nitrogens is 1. The third kappa shape index (κ3) is 4.06. The van der Waals surface area contributed by atoms with Gasteiger partial charge in [0.05, 0.1) is 16.8 Å². The number of piperidine rings is 1. The van der Waals surface area contributed by atoms with E-state index in [-0.39, 0.29) is 18.4 Å². The van der Waals surface area contributed by atoms with Crippen LogP contribution in [-0.2, 0) is 21.7 Å². The van der Waals surface area contributed by atoms with Crippen molar-refractivity contribution in [3.63, 3.8) is 0 Å². The van der Waals surface area contributed by atoms with Crippen LogP contribution in [0.5, 0.6) is 0 Å². The highest BCUT2D eigenvalue weighted by atomic mass is 35.5. The van der Waals surface area contributed by atoms with Crippen molar-refractivity contribution in [1.82, 2.24) is 9.47 Å². The van der Waals surface area contributed by atoms with Crippen LogP contribution >= 0.6 is 11.6 Å². The molecule has 2 aromatic carbocycles. The molecule has 1 aliphatic heterocycles. The zero-order valence-corrected chi connectivity index (χ0v) is 17.5. The Bertz CT molecular complexity index is 1080. The molecule has 0 aliphatic carbocycles. The molecule has 0 unspecified atom stereocenters. The number of hydrogen-bond donors (Lipinski definition) is 2. The van der Waals surface area contributed by atoms with E-state index in [1.807, 2.05) is 47.2 Å². The van der Waals surface area contributed by atoms with Gasteiger partial charge in [-0.3, -0.25) is 9.59 Å². The van der Waals surface area contributed by atoms with E-state index < -0.39 is 5.60 Å². The van der Waals surface area contributed by atoms with E-state index in [2.05, 4.69) is 5.32 Å². The third-order valence-corrected chi connectivity index (χ3v) is 6.01. The summed E-state index contributed by atoms with van der Waals surface area (Å²) in [4.78, 5) is 26.1. The number of carbonyl (C=O) groups excluding carboxylic acids is 2. The van der Waals surface area contributed by atoms with Crippen molar-refractivity contribution < 1.29 is 14.7 Å². The van der Waals surface area contributed by atoms with Crippen LogP contribution in [0.2, 0.25) is 5.02 Å². The topological polar surface area (TPSA) is 74.6 Å². The molecule has 1 aromatic heterocycles. The van der Waals surface area contributed by atoms with Gasteiger partial charge in [-0.05, 0) is 48.7 Å². The number of nitrogens with one attached hydrogen (secondary N) is 1. The number of halogens is 1. The first-order valence-electron chi connectivity index (χ1n) is 9.97. The highest BCUT2D eigenvalue weighted by Crippen LogP contribution is 2.33. The molecule has 3 aromatic rings. The summed E-state index contributed by atoms with van der Waals surface area (Å²) in [5.74, 6) is -0.122. The Kier molecular flexibility index (Phi) is 5.54. The summed E-state index contributed by atoms with van der Waals surface area (Å²) in [7, 11) is 0. The monoisotopic (exact) mass is 425 g/mol. The van der Waals surface area contributed by atoms with E-state index in [1.165, 1.54) is 6.92 Å². The smallest absolute Gasteiger partial charge is 0.242 e. The fraction of sp³-hybridized carbons (Fsp3) is 0.304. The van der Waals surface area contributed by atoms with Crippen LogP contribution in [0, 0.1) is 0 Å². The summed E-state index contributed by atoms with van der Waals surface area (Å²) in [5, 5.41) is 15.4. The zero-order valence-electron chi connectivity index (χ0n) is 16.8. The molecule has 1 aliphatic rings. The normalized spacial score (nSPS) is 15.9. The van der Waals surface area contributed by atoms with E-state index in [1.54, 1.807) is 17.0 Å². The van der Waals surface area contributed by atoms with E-state index in [4.69, 9.17) is 11.6 Å². The van der Waals surface area contributed by atoms with Gasteiger partial charge >= 0.3 is 0 Å². The first-order valence-corrected chi connectivity index (χ1v) is 10.4. The highest BCUT2D eigenvalue weighted by molar-refractivity contribution is 6.30. The maximum absolute atomic E-state index is 12.9. The van der Waals surface area contributed by atoms with Gasteiger partial charge in [-0.1, -0.05) is 29.8 Å². The molecule has 1 saturated heterocycles. The van der Waals surface area contributed by atoms with Gasteiger partial charge in [-0.25, -0.2) is 0 Å². The minimum absolute atomic E-state index is 0.00980. The van der Waals surface area contributed by atoms with Gasteiger partial charge in [0.15, 0.2) is 0 Å². The van der Waals surface area contributed by atoms with Crippen LogP contribution in [0.4, 0.5) is 5.69 Å². The van der Waals surface area contributed by atoms with Gasteiger partial charge in [0.2, 0.25) is 11.8 Å². The van der Waals surface area contributed by atoms with E-state index >= 15 is 0 Å². The first kappa shape index (κ1) is 20.4. The molecule has 1 fully saturated rings. The number of hydrogen-bond acceptors (Lipinski definition) is 3. The predicted octanol–water partition coefficient (Wildman–Crippen LogP) is 3.76. The maximum Gasteiger partial charge on any atom is 0.242 e. The van der Waals surface area contributed by atoms with Crippen LogP contribution in [0.25, 0.3) is 10.9 Å². The molecular formula is C23H24ClN3O3. The van der Waals surface area contributed by atoms with Gasteiger partial charge in [0.25, 0.3) is 0 Å². The second-order valence-corrected chi connectivity index (χ2v) is 8.22. The van der Waals surface area contributed by atoms with E-state index in [9.17, 15) is 14.7 Å². The summed E-state index contributed by atoms with van der Waals surface area (Å²) >= 11 is 5.95. The van der Waals surface area contributed by atoms with Gasteiger partial charge in [0.1, 0.15) is 6.54 Å². The largest absolute Gasteiger partial charge is 0.385 e. The fourth-order valence-electron chi connectivity index (χ4n) is 4.08. The van der Waals surface area contributed by atoms with Crippen molar-refractivity contribution in [1.29, 1.82) is 0 Å². The van der Waals surface area contributed by atoms with Crippen molar-refractivity contribution in [2.45, 2.75) is 31.9 Å². The fourth-order valence-corrected chi connectivity index (χ4v) is 4.21. The van der Waals surface area contributed by atoms with Gasteiger partial charge in [-0.2, -0.15) is 0 Å². The summed E-state index contributed by atoms with van der Waals surface area (Å²) in [6.45, 7) is 2.68. The highest BCUT2D eigenvalue weighted by Gasteiger charge is 2.35. The standard InChI is InChI=1S/C23H24ClN3O3/c1-16(28)25-20-3-2-4-21-19(20)9-12-27(21)15-22(29)26-13-10-23(30,11-14-26)17-5-7-18(24)8-6-17/h2-9,12,30H,10-11,13-15H2,1H3,(H,25,28). The minimum Gasteiger partial charge on any atom is -0.385 e. The summed E-state index contributed by atoms with van der Waals surface area (Å²) in [6, 6.07) is 14.8. The zero-order chi connectivity index (χ0) is 21.3. The van der Waals surface area contributed by atoms with Crippen LogP contribution < -0.4 is 5.32 Å². The Morgan fingerprint density at radius 3 is 2.47 bits per heavy atom. The lowest BCUT2D eigenvalue weighted by atomic mass is 9.84. The predicted molar refractivity (Wildman–Crippen MR) is 117 cm³/mol. The van der Waals surface area contributed by atoms with Gasteiger partial charge in [0, 0.05) is 36.6 Å². The summed E-state index contributed by atoms with van der Waals surface area (Å²) in [6.07, 6.45) is 2.83. The van der Waals surface area contributed by atoms with Gasteiger partial charge < -0.3 is 19.9 Å². The number of anilines is 1. The molecule has 0 spiro atoms. The Morgan fingerprint density at radius 2 is 1.80 bits per heavy atom. The molecular weight excluding hydrogens is 402 g/mol. The third-order valence-electron chi connectivity index (χ3n) is 5.75. The second kappa shape index (κ2) is 8.13. The van der Waals surface area contributed by atoms with Crippen LogP contribution in [0.3, 0.4) is 0 Å². The molecule has 0 saturated carbocycles. The summed E-state index contributed by atoms with van der Waals surface area (Å²) in [5.41, 5.74) is 1.52. The number of aliphatic hydroxyl groups is 1. The minimum atomic E-state index is -0.936. The molecule has 2 heterocycles. The average Bonchev–Trinajstić information content (AvgIpc) is 3.12.